The van der Waals surface area contributed by atoms with Crippen molar-refractivity contribution >= 4 is 11.6 Å². The molecule has 0 spiro atoms. The second-order valence-electron chi connectivity index (χ2n) is 10.2. The van der Waals surface area contributed by atoms with Crippen molar-refractivity contribution in [2.75, 3.05) is 6.54 Å². The van der Waals surface area contributed by atoms with E-state index in [2.05, 4.69) is 0 Å². The standard InChI is InChI=1S/C27H31NO8/c1-3-27(34)9-15-20(17(10-27)36-18-8-13(11-28)7-12(2)35-18)26(33)22-21(24(15)31)23(30)14-5-4-6-16(29)19(14)25(22)32/h4-6,12-13,17-18,29,31,33-34H,3,7-11,28H2,1-2H3/t12-,13+,17-,18-,27-/m0/s1. The van der Waals surface area contributed by atoms with Crippen LogP contribution in [0.5, 0.6) is 17.2 Å². The maximum absolute atomic E-state index is 13.4. The van der Waals surface area contributed by atoms with E-state index in [0.29, 0.717) is 19.4 Å². The second-order valence-corrected chi connectivity index (χ2v) is 10.2. The molecule has 0 bridgehead atoms. The van der Waals surface area contributed by atoms with E-state index in [0.717, 1.165) is 6.42 Å². The predicted octanol–water partition coefficient (Wildman–Crippen LogP) is 2.82. The van der Waals surface area contributed by atoms with Crippen molar-refractivity contribution in [2.45, 2.75) is 70.1 Å². The van der Waals surface area contributed by atoms with Gasteiger partial charge in [0.15, 0.2) is 12.1 Å². The fourth-order valence-electron chi connectivity index (χ4n) is 5.89. The van der Waals surface area contributed by atoms with E-state index in [1.165, 1.54) is 18.2 Å². The fraction of sp³-hybridized carbons (Fsp3) is 0.481. The molecule has 1 heterocycles. The Morgan fingerprint density at radius 1 is 1.08 bits per heavy atom. The first-order chi connectivity index (χ1) is 17.1. The first-order valence-corrected chi connectivity index (χ1v) is 12.3. The van der Waals surface area contributed by atoms with E-state index in [1.807, 2.05) is 6.92 Å². The third kappa shape index (κ3) is 3.78. The molecular weight excluding hydrogens is 466 g/mol. The van der Waals surface area contributed by atoms with Gasteiger partial charge in [0.2, 0.25) is 5.78 Å². The predicted molar refractivity (Wildman–Crippen MR) is 128 cm³/mol. The molecule has 2 aliphatic carbocycles. The van der Waals surface area contributed by atoms with Gasteiger partial charge in [-0.3, -0.25) is 9.59 Å². The molecule has 2 aromatic carbocycles. The zero-order valence-corrected chi connectivity index (χ0v) is 20.3. The van der Waals surface area contributed by atoms with Crippen molar-refractivity contribution in [2.24, 2.45) is 11.7 Å². The molecule has 3 aliphatic rings. The van der Waals surface area contributed by atoms with Gasteiger partial charge in [-0.15, -0.1) is 0 Å². The smallest absolute Gasteiger partial charge is 0.202 e. The van der Waals surface area contributed by atoms with Crippen molar-refractivity contribution in [3.8, 4) is 17.2 Å². The number of aliphatic hydroxyl groups is 1. The third-order valence-corrected chi connectivity index (χ3v) is 7.83. The zero-order chi connectivity index (χ0) is 25.9. The lowest BCUT2D eigenvalue weighted by molar-refractivity contribution is -0.232. The van der Waals surface area contributed by atoms with Crippen LogP contribution in [0.25, 0.3) is 0 Å². The Bertz CT molecular complexity index is 1260. The maximum atomic E-state index is 13.4. The number of fused-ring (bicyclic) bond motifs is 3. The van der Waals surface area contributed by atoms with Crippen LogP contribution in [0.1, 0.15) is 88.6 Å². The molecule has 5 rings (SSSR count). The van der Waals surface area contributed by atoms with Crippen LogP contribution in [-0.4, -0.2) is 56.5 Å². The molecule has 1 saturated heterocycles. The van der Waals surface area contributed by atoms with Crippen LogP contribution in [0.3, 0.4) is 0 Å². The Morgan fingerprint density at radius 2 is 1.81 bits per heavy atom. The van der Waals surface area contributed by atoms with Gasteiger partial charge >= 0.3 is 0 Å². The van der Waals surface area contributed by atoms with Crippen LogP contribution in [-0.2, 0) is 15.9 Å². The van der Waals surface area contributed by atoms with Gasteiger partial charge in [0, 0.05) is 36.0 Å². The van der Waals surface area contributed by atoms with E-state index in [9.17, 15) is 30.0 Å². The lowest BCUT2D eigenvalue weighted by Crippen LogP contribution is -2.42. The molecule has 0 aromatic heterocycles. The van der Waals surface area contributed by atoms with E-state index in [1.54, 1.807) is 6.92 Å². The zero-order valence-electron chi connectivity index (χ0n) is 20.3. The van der Waals surface area contributed by atoms with Crippen molar-refractivity contribution in [3.05, 3.63) is 51.6 Å². The van der Waals surface area contributed by atoms with Crippen LogP contribution < -0.4 is 5.73 Å². The molecule has 1 fully saturated rings. The lowest BCUT2D eigenvalue weighted by atomic mass is 9.72. The number of nitrogens with two attached hydrogens (primary N) is 1. The molecule has 0 saturated carbocycles. The van der Waals surface area contributed by atoms with Crippen molar-refractivity contribution in [1.29, 1.82) is 0 Å². The largest absolute Gasteiger partial charge is 0.507 e. The third-order valence-electron chi connectivity index (χ3n) is 7.83. The number of ketones is 2. The normalized spacial score (nSPS) is 29.4. The van der Waals surface area contributed by atoms with Crippen LogP contribution in [0, 0.1) is 5.92 Å². The quantitative estimate of drug-likeness (QED) is 0.342. The average Bonchev–Trinajstić information content (AvgIpc) is 2.83. The summed E-state index contributed by atoms with van der Waals surface area (Å²) in [6, 6.07) is 4.10. The highest BCUT2D eigenvalue weighted by molar-refractivity contribution is 6.31. The van der Waals surface area contributed by atoms with E-state index in [4.69, 9.17) is 15.2 Å². The van der Waals surface area contributed by atoms with Gasteiger partial charge in [-0.2, -0.15) is 0 Å². The first-order valence-electron chi connectivity index (χ1n) is 12.3. The number of hydrogen-bond acceptors (Lipinski definition) is 9. The minimum absolute atomic E-state index is 0.0346. The van der Waals surface area contributed by atoms with Crippen molar-refractivity contribution in [1.82, 2.24) is 0 Å². The van der Waals surface area contributed by atoms with Crippen LogP contribution in [0.4, 0.5) is 0 Å². The molecule has 5 atom stereocenters. The van der Waals surface area contributed by atoms with Gasteiger partial charge in [-0.05, 0) is 38.3 Å². The van der Waals surface area contributed by atoms with Crippen LogP contribution in [0.2, 0.25) is 0 Å². The van der Waals surface area contributed by atoms with E-state index in [-0.39, 0.29) is 58.2 Å². The molecule has 2 aromatic rings. The Labute approximate surface area is 208 Å². The first kappa shape index (κ1) is 24.7. The summed E-state index contributed by atoms with van der Waals surface area (Å²) in [6.07, 6.45) is 0.0100. The van der Waals surface area contributed by atoms with Crippen LogP contribution >= 0.6 is 0 Å². The molecule has 0 amide bonds. The Balaban J connectivity index is 1.66. The van der Waals surface area contributed by atoms with Crippen LogP contribution in [0.15, 0.2) is 18.2 Å². The fourth-order valence-corrected chi connectivity index (χ4v) is 5.89. The molecule has 36 heavy (non-hydrogen) atoms. The number of hydrogen-bond donors (Lipinski definition) is 5. The molecule has 6 N–H and O–H groups in total. The highest BCUT2D eigenvalue weighted by Crippen LogP contribution is 2.52. The maximum Gasteiger partial charge on any atom is 0.202 e. The Hall–Kier alpha value is -2.98. The number of carbonyl (C=O) groups excluding carboxylic acids is 2. The number of ether oxygens (including phenoxy) is 2. The summed E-state index contributed by atoms with van der Waals surface area (Å²) in [5.74, 6) is -2.64. The molecule has 9 nitrogen and oxygen atoms in total. The molecule has 192 valence electrons. The van der Waals surface area contributed by atoms with E-state index < -0.39 is 46.8 Å². The number of phenolic OH excluding ortho intramolecular Hbond substituents is 3. The van der Waals surface area contributed by atoms with Gasteiger partial charge in [-0.25, -0.2) is 0 Å². The number of phenols is 3. The lowest BCUT2D eigenvalue weighted by Gasteiger charge is -2.42. The number of carbonyl (C=O) groups is 2. The average molecular weight is 498 g/mol. The molecule has 0 unspecified atom stereocenters. The minimum Gasteiger partial charge on any atom is -0.507 e. The minimum atomic E-state index is -1.28. The van der Waals surface area contributed by atoms with E-state index >= 15 is 0 Å². The summed E-state index contributed by atoms with van der Waals surface area (Å²) in [5, 5.41) is 44.3. The highest BCUT2D eigenvalue weighted by atomic mass is 16.7. The highest BCUT2D eigenvalue weighted by Gasteiger charge is 2.46. The molecule has 1 aliphatic heterocycles. The summed E-state index contributed by atoms with van der Waals surface area (Å²) < 4.78 is 12.2. The van der Waals surface area contributed by atoms with Gasteiger partial charge in [0.05, 0.1) is 34.5 Å². The second kappa shape index (κ2) is 8.85. The van der Waals surface area contributed by atoms with Gasteiger partial charge in [-0.1, -0.05) is 19.1 Å². The monoisotopic (exact) mass is 497 g/mol. The Kier molecular flexibility index (Phi) is 6.07. The summed E-state index contributed by atoms with van der Waals surface area (Å²) >= 11 is 0. The number of rotatable bonds is 4. The van der Waals surface area contributed by atoms with Crippen molar-refractivity contribution in [3.63, 3.8) is 0 Å². The topological polar surface area (TPSA) is 160 Å². The Morgan fingerprint density at radius 3 is 2.50 bits per heavy atom. The molecule has 9 heteroatoms. The molecule has 0 radical (unpaired) electrons. The summed E-state index contributed by atoms with van der Waals surface area (Å²) in [6.45, 7) is 4.19. The van der Waals surface area contributed by atoms with Gasteiger partial charge < -0.3 is 35.6 Å². The number of aromatic hydroxyl groups is 3. The van der Waals surface area contributed by atoms with Gasteiger partial charge in [0.1, 0.15) is 17.2 Å². The van der Waals surface area contributed by atoms with Gasteiger partial charge in [0.25, 0.3) is 0 Å². The molecular formula is C27H31NO8. The summed E-state index contributed by atoms with van der Waals surface area (Å²) in [5.41, 5.74) is 3.93. The van der Waals surface area contributed by atoms with Crippen molar-refractivity contribution < 1.29 is 39.5 Å². The SMILES string of the molecule is CC[C@]1(O)Cc2c(O)c3c(c(O)c2[C@@H](O[C@H]2C[C@H](CN)C[C@H](C)O2)C1)C(=O)c1c(O)cccc1C3=O. The summed E-state index contributed by atoms with van der Waals surface area (Å²) in [4.78, 5) is 26.8. The number of benzene rings is 2. The summed E-state index contributed by atoms with van der Waals surface area (Å²) in [7, 11) is 0.